The molecule has 2 aliphatic heterocycles. The van der Waals surface area contributed by atoms with E-state index in [4.69, 9.17) is 58.0 Å². The van der Waals surface area contributed by atoms with Crippen molar-refractivity contribution < 1.29 is 121 Å². The van der Waals surface area contributed by atoms with Crippen molar-refractivity contribution in [3.8, 4) is 56.9 Å². The second-order valence-electron chi connectivity index (χ2n) is 32.8. The number of aliphatic hydroxyl groups is 1. The number of carbonyl (C=O) groups is 5. The molecule has 148 heavy (non-hydrogen) atoms. The van der Waals surface area contributed by atoms with Gasteiger partial charge in [-0.15, -0.1) is 0 Å². The van der Waals surface area contributed by atoms with Crippen molar-refractivity contribution in [1.29, 1.82) is 0 Å². The predicted octanol–water partition coefficient (Wildman–Crippen LogP) is 19.1. The lowest BCUT2D eigenvalue weighted by Gasteiger charge is -2.27. The third-order valence-corrected chi connectivity index (χ3v) is 22.8. The van der Waals surface area contributed by atoms with Crippen LogP contribution >= 0.6 is 58.0 Å². The number of pyridine rings is 5. The van der Waals surface area contributed by atoms with Gasteiger partial charge < -0.3 is 82.4 Å². The molecule has 59 heteroatoms. The molecule has 0 unspecified atom stereocenters. The lowest BCUT2D eigenvalue weighted by atomic mass is 10.0. The molecule has 7 atom stereocenters. The number of amides is 5. The fraction of sp³-hybridized carbons (Fsp3) is 0.281. The van der Waals surface area contributed by atoms with Crippen molar-refractivity contribution in [3.63, 3.8) is 0 Å². The van der Waals surface area contributed by atoms with E-state index in [1.807, 2.05) is 16.0 Å². The number of hydrogen-bond donors (Lipinski definition) is 14. The molecule has 1 aromatic carbocycles. The summed E-state index contributed by atoms with van der Waals surface area (Å²) in [5.74, 6) is -6.31. The minimum absolute atomic E-state index is 0. The van der Waals surface area contributed by atoms with Crippen molar-refractivity contribution in [2.45, 2.75) is 108 Å². The number of anilines is 5. The molecule has 17 heterocycles. The van der Waals surface area contributed by atoms with Gasteiger partial charge in [0, 0.05) is 161 Å². The van der Waals surface area contributed by atoms with Crippen molar-refractivity contribution in [2.75, 3.05) is 71.6 Å². The topological polar surface area (TPSA) is 481 Å². The molecular weight excluding hydrogens is 2100 g/mol. The van der Waals surface area contributed by atoms with Gasteiger partial charge in [-0.2, -0.15) is 65.9 Å². The maximum atomic E-state index is 14.7. The molecule has 796 valence electrons. The maximum absolute atomic E-state index is 14.7. The Labute approximate surface area is 858 Å². The zero-order chi connectivity index (χ0) is 107. The number of alkyl halides is 15. The van der Waals surface area contributed by atoms with Gasteiger partial charge in [0.2, 0.25) is 29.5 Å². The van der Waals surface area contributed by atoms with Gasteiger partial charge in [0.15, 0.2) is 64.0 Å². The summed E-state index contributed by atoms with van der Waals surface area (Å²) in [5.41, 5.74) is 6.13. The third kappa shape index (κ3) is 27.8. The Morgan fingerprint density at radius 3 is 1.16 bits per heavy atom. The summed E-state index contributed by atoms with van der Waals surface area (Å²) in [5, 5.41) is 33.0. The standard InChI is InChI=1S/C20H16ClF3N6O.C19H17ClF4N6O.C18H15ClF4N6O2.C16H13ClF4N6O.C16H14ClF3N6O.9H2/c1-10(19(31)27-9-20(22,23)24)28-17-12-4-2-3-5-15(12)29-18(30-17)14-8-26-16-13(14)6-11(21)7-25-16;1-9-2-3-30(14(9)18(31)28-8-19(22,23)24)17-13(21)7-27-16(29-17)12-6-26-15-11(12)4-10(20)5-25-15;19-8-1-10-11(4-25-14(10)24-3-8)15-26-5-12(20)16(28-15)29-6-9(30)2-13(29)17(31)27-7-18(21,22)23;1-7(15(28)25-6-16(19,20)21)26-14-11(18)5-24-13(27-14)10-4-23-12-9(10)2-8(17)3-22-12;1-8(15(27)24-7-16(18,19)20)25-12-2-3-21-14(26-12)11-6-23-13-10(11)4-9(17)5-22-13;;;;;;;;;/h2-8,10H,9H2,1H3,(H,25,26)(H,27,31)(H,28,29,30);4-7,9,14H,2-3,8H2,1H3,(H,25,26)(H,28,31);1,3-5,9,13,30H,2,6-7H2,(H,24,25)(H,27,31);2-5,7H,6H2,1H3,(H,22,23)(H,25,28)(H,24,26,27);2-6,8H,7H2,1H3,(H,22,23)(H,24,27)(H,21,25,26);9*1H/t10-;9-,14-;9-,13-;7-;8-;;;;;;;;;/m10111........./s1. The van der Waals surface area contributed by atoms with Crippen LogP contribution in [0.25, 0.3) is 123 Å². The molecule has 14 N–H and O–H groups in total. The Hall–Kier alpha value is -15.2. The minimum atomic E-state index is -4.60. The smallest absolute Gasteiger partial charge is 0.391 e. The average molecular weight is 2200 g/mol. The summed E-state index contributed by atoms with van der Waals surface area (Å²) in [7, 11) is 0. The normalized spacial score (nSPS) is 15.5. The molecule has 18 rings (SSSR count). The summed E-state index contributed by atoms with van der Waals surface area (Å²) >= 11 is 30.0. The fourth-order valence-corrected chi connectivity index (χ4v) is 15.8. The number of nitrogens with one attached hydrogen (secondary N) is 13. The highest BCUT2D eigenvalue weighted by molar-refractivity contribution is 6.33. The first-order valence-corrected chi connectivity index (χ1v) is 45.3. The van der Waals surface area contributed by atoms with E-state index in [0.717, 1.165) is 28.9 Å². The molecular formula is C89H93Cl5F18N30O6. The van der Waals surface area contributed by atoms with E-state index in [9.17, 15) is 108 Å². The molecule has 0 radical (unpaired) electrons. The summed E-state index contributed by atoms with van der Waals surface area (Å²) in [6, 6.07) is 11.7. The number of benzene rings is 1. The first kappa shape index (κ1) is 109. The van der Waals surface area contributed by atoms with Crippen LogP contribution in [0.5, 0.6) is 0 Å². The average Bonchev–Trinajstić information content (AvgIpc) is 1.52. The number of halogens is 23. The van der Waals surface area contributed by atoms with E-state index >= 15 is 0 Å². The number of rotatable bonds is 23. The number of carbonyl (C=O) groups excluding carboxylic acids is 5. The zero-order valence-corrected chi connectivity index (χ0v) is 79.8. The quantitative estimate of drug-likeness (QED) is 0.0264. The number of fused-ring (bicyclic) bond motifs is 6. The molecule has 0 saturated carbocycles. The zero-order valence-electron chi connectivity index (χ0n) is 76.0. The van der Waals surface area contributed by atoms with Crippen LogP contribution < -0.4 is 52.3 Å². The van der Waals surface area contributed by atoms with Gasteiger partial charge >= 0.3 is 30.9 Å². The Balaban J connectivity index is 0.000000339. The first-order chi connectivity index (χ1) is 69.8. The Morgan fingerprint density at radius 1 is 0.405 bits per heavy atom. The summed E-state index contributed by atoms with van der Waals surface area (Å²) in [6.45, 7) is -1.30. The van der Waals surface area contributed by atoms with Gasteiger partial charge in [-0.1, -0.05) is 77.1 Å². The molecule has 5 amide bonds. The number of para-hydroxylation sites is 1. The van der Waals surface area contributed by atoms with Crippen LogP contribution in [0.2, 0.25) is 25.1 Å². The fourth-order valence-electron chi connectivity index (χ4n) is 15.0. The van der Waals surface area contributed by atoms with Crippen LogP contribution in [0.3, 0.4) is 0 Å². The molecule has 15 aromatic heterocycles. The van der Waals surface area contributed by atoms with Gasteiger partial charge in [-0.3, -0.25) is 24.0 Å². The highest BCUT2D eigenvalue weighted by atomic mass is 35.5. The van der Waals surface area contributed by atoms with Crippen LogP contribution in [0, 0.1) is 23.4 Å². The molecule has 16 aromatic rings. The number of H-pyrrole nitrogens is 5. The van der Waals surface area contributed by atoms with Gasteiger partial charge in [0.05, 0.1) is 55.3 Å². The molecule has 36 nitrogen and oxygen atoms in total. The van der Waals surface area contributed by atoms with E-state index < -0.39 is 147 Å². The number of nitrogens with zero attached hydrogens (tertiary/aromatic N) is 17. The molecule has 2 fully saturated rings. The van der Waals surface area contributed by atoms with E-state index in [1.165, 1.54) is 68.9 Å². The highest BCUT2D eigenvalue weighted by Gasteiger charge is 2.43. The first-order valence-electron chi connectivity index (χ1n) is 43.4. The summed E-state index contributed by atoms with van der Waals surface area (Å²) in [4.78, 5) is 141. The van der Waals surface area contributed by atoms with Crippen molar-refractivity contribution in [3.05, 3.63) is 190 Å². The Morgan fingerprint density at radius 2 is 0.750 bits per heavy atom. The second-order valence-corrected chi connectivity index (χ2v) is 35.0. The van der Waals surface area contributed by atoms with Crippen molar-refractivity contribution in [2.24, 2.45) is 5.92 Å². The Bertz CT molecular complexity index is 7490. The summed E-state index contributed by atoms with van der Waals surface area (Å²) in [6.07, 6.45) is -3.68. The minimum Gasteiger partial charge on any atom is -0.391 e. The van der Waals surface area contributed by atoms with Crippen molar-refractivity contribution >= 4 is 183 Å². The van der Waals surface area contributed by atoms with Crippen LogP contribution in [0.15, 0.2) is 147 Å². The maximum Gasteiger partial charge on any atom is 0.405 e. The van der Waals surface area contributed by atoms with E-state index in [2.05, 4.69) is 116 Å². The lowest BCUT2D eigenvalue weighted by Crippen LogP contribution is -2.48. The van der Waals surface area contributed by atoms with E-state index in [0.29, 0.717) is 143 Å². The SMILES string of the molecule is C[C@@H](Nc1ccnc(-c2c[nH]c3ncc(Cl)cc23)n1)C(=O)NCC(F)(F)F.C[C@@H](Nc1nc(-c2c[nH]c3ncc(Cl)cc23)nc2ccccc12)C(=O)NCC(F)(F)F.C[C@@H](Nc1nc(-c2c[nH]c3ncc(Cl)cc23)ncc1F)C(=O)NCC(F)(F)F.C[C@H]1CCN(c2nc(-c3c[nH]c4ncc(Cl)cc34)ncc2F)[C@@H]1C(=O)NCC(F)(F)F.O=C(NCC(F)(F)F)[C@H]1C[C@@H](O)CN1c1nc(-c2c[nH]c3ncc(Cl)cc23)ncc1F.[HH].[HH].[HH].[HH].[HH].[HH].[HH].[HH].[HH]. The number of β-amino-alcohol motifs (C(OH)–C–C–N with tert-alkyl or cyclic N) is 1. The highest BCUT2D eigenvalue weighted by Crippen LogP contribution is 2.39. The molecule has 2 saturated heterocycles. The number of aromatic amines is 5. The predicted molar refractivity (Wildman–Crippen MR) is 528 cm³/mol. The van der Waals surface area contributed by atoms with Crippen LogP contribution in [0.4, 0.5) is 108 Å². The lowest BCUT2D eigenvalue weighted by molar-refractivity contribution is -0.139. The number of aliphatic hydroxyl groups excluding tert-OH is 1. The third-order valence-electron chi connectivity index (χ3n) is 21.8. The summed E-state index contributed by atoms with van der Waals surface area (Å²) < 4.78 is 229. The van der Waals surface area contributed by atoms with Gasteiger partial charge in [0.25, 0.3) is 0 Å². The largest absolute Gasteiger partial charge is 0.405 e. The van der Waals surface area contributed by atoms with Gasteiger partial charge in [-0.05, 0) is 81.6 Å². The van der Waals surface area contributed by atoms with Gasteiger partial charge in [-0.25, -0.2) is 87.9 Å². The molecule has 0 spiro atoms. The van der Waals surface area contributed by atoms with E-state index in [1.54, 1.807) is 103 Å². The monoisotopic (exact) mass is 2190 g/mol. The van der Waals surface area contributed by atoms with Crippen LogP contribution in [0.1, 0.15) is 53.4 Å². The van der Waals surface area contributed by atoms with E-state index in [-0.39, 0.29) is 73.2 Å². The van der Waals surface area contributed by atoms with Gasteiger partial charge in [0.1, 0.15) is 103 Å². The van der Waals surface area contributed by atoms with Crippen LogP contribution in [-0.4, -0.2) is 247 Å². The number of aromatic nitrogens is 20. The second kappa shape index (κ2) is 45.4. The molecule has 0 aliphatic carbocycles. The molecule has 0 bridgehead atoms. The van der Waals surface area contributed by atoms with Crippen LogP contribution in [-0.2, 0) is 24.0 Å². The Kier molecular flexibility index (Phi) is 33.3. The number of hydrogen-bond acceptors (Lipinski definition) is 26. The van der Waals surface area contributed by atoms with Crippen molar-refractivity contribution in [1.82, 2.24) is 126 Å². The molecule has 2 aliphatic rings.